The second-order valence-corrected chi connectivity index (χ2v) is 14.2. The van der Waals surface area contributed by atoms with Gasteiger partial charge in [0.1, 0.15) is 11.2 Å². The number of para-hydroxylation sites is 2. The first-order valence-electron chi connectivity index (χ1n) is 17.3. The van der Waals surface area contributed by atoms with Gasteiger partial charge in [-0.3, -0.25) is 0 Å². The van der Waals surface area contributed by atoms with Crippen molar-refractivity contribution in [2.24, 2.45) is 0 Å². The van der Waals surface area contributed by atoms with E-state index in [1.54, 1.807) is 0 Å². The Balaban J connectivity index is 1.17. The standard InChI is InChI=1S/C47H27N3OS/c1-2-12-29(13-3-1)47-49-38(27-39(50-47)33-17-10-20-41-43(33)35-16-7-9-19-40(35)51-41)31-23-24-42-36(26-31)44-45(32-22-21-28-11-4-5-14-30(28)25-32)48-37-18-8-6-15-34(37)46(44)52-42/h1-27H. The summed E-state index contributed by atoms with van der Waals surface area (Å²) in [6.45, 7) is 0. The predicted octanol–water partition coefficient (Wildman–Crippen LogP) is 13.1. The van der Waals surface area contributed by atoms with Crippen LogP contribution in [0.3, 0.4) is 0 Å². The maximum atomic E-state index is 6.28. The van der Waals surface area contributed by atoms with Crippen LogP contribution in [0.1, 0.15) is 0 Å². The minimum absolute atomic E-state index is 0.678. The first kappa shape index (κ1) is 29.1. The molecule has 0 unspecified atom stereocenters. The molecule has 0 atom stereocenters. The summed E-state index contributed by atoms with van der Waals surface area (Å²) >= 11 is 1.83. The number of thiophene rings is 1. The van der Waals surface area contributed by atoms with Crippen molar-refractivity contribution < 1.29 is 4.42 Å². The first-order valence-corrected chi connectivity index (χ1v) is 18.2. The van der Waals surface area contributed by atoms with E-state index >= 15 is 0 Å². The molecule has 0 aliphatic rings. The third-order valence-corrected chi connectivity index (χ3v) is 11.3. The molecule has 5 heteroatoms. The molecule has 11 aromatic rings. The number of pyridine rings is 1. The number of furan rings is 1. The fraction of sp³-hybridized carbons (Fsp3) is 0. The molecular weight excluding hydrogens is 655 g/mol. The van der Waals surface area contributed by atoms with E-state index in [0.717, 1.165) is 66.8 Å². The van der Waals surface area contributed by atoms with E-state index in [2.05, 4.69) is 121 Å². The Labute approximate surface area is 302 Å². The maximum absolute atomic E-state index is 6.28. The lowest BCUT2D eigenvalue weighted by molar-refractivity contribution is 0.669. The van der Waals surface area contributed by atoms with E-state index in [1.165, 1.54) is 36.3 Å². The number of hydrogen-bond donors (Lipinski definition) is 0. The van der Waals surface area contributed by atoms with Crippen LogP contribution in [0.25, 0.3) is 109 Å². The SMILES string of the molecule is c1ccc(-c2nc(-c3ccc4sc5c6ccccc6nc(-c6ccc7ccccc7c6)c5c4c3)cc(-c3cccc4oc5ccccc5c34)n2)cc1. The van der Waals surface area contributed by atoms with Crippen LogP contribution in [0.2, 0.25) is 0 Å². The highest BCUT2D eigenvalue weighted by molar-refractivity contribution is 7.26. The minimum atomic E-state index is 0.678. The zero-order chi connectivity index (χ0) is 34.2. The number of fused-ring (bicyclic) bond motifs is 9. The largest absolute Gasteiger partial charge is 0.456 e. The molecule has 0 saturated heterocycles. The summed E-state index contributed by atoms with van der Waals surface area (Å²) in [4.78, 5) is 15.7. The number of hydrogen-bond acceptors (Lipinski definition) is 5. The average molecular weight is 682 g/mol. The Bertz CT molecular complexity index is 3200. The molecule has 4 heterocycles. The molecule has 0 saturated carbocycles. The van der Waals surface area contributed by atoms with Crippen LogP contribution >= 0.6 is 11.3 Å². The summed E-state index contributed by atoms with van der Waals surface area (Å²) < 4.78 is 8.74. The first-order chi connectivity index (χ1) is 25.7. The Hall–Kier alpha value is -6.69. The van der Waals surface area contributed by atoms with Gasteiger partial charge in [0.25, 0.3) is 0 Å². The van der Waals surface area contributed by atoms with E-state index in [1.807, 2.05) is 53.8 Å². The topological polar surface area (TPSA) is 51.8 Å². The molecule has 0 amide bonds. The van der Waals surface area contributed by atoms with Gasteiger partial charge in [-0.25, -0.2) is 15.0 Å². The lowest BCUT2D eigenvalue weighted by Crippen LogP contribution is -1.96. The van der Waals surface area contributed by atoms with Crippen molar-refractivity contribution in [3.8, 4) is 45.2 Å². The van der Waals surface area contributed by atoms with Crippen molar-refractivity contribution in [3.63, 3.8) is 0 Å². The van der Waals surface area contributed by atoms with Crippen LogP contribution in [0, 0.1) is 0 Å². The fourth-order valence-electron chi connectivity index (χ4n) is 7.60. The quantitative estimate of drug-likeness (QED) is 0.185. The van der Waals surface area contributed by atoms with E-state index in [0.29, 0.717) is 5.82 Å². The highest BCUT2D eigenvalue weighted by Crippen LogP contribution is 2.45. The Morgan fingerprint density at radius 2 is 1.19 bits per heavy atom. The molecule has 0 spiro atoms. The van der Waals surface area contributed by atoms with Gasteiger partial charge in [-0.1, -0.05) is 121 Å². The van der Waals surface area contributed by atoms with Crippen LogP contribution in [0.4, 0.5) is 0 Å². The molecule has 242 valence electrons. The molecule has 0 aliphatic carbocycles. The third kappa shape index (κ3) is 4.57. The van der Waals surface area contributed by atoms with Gasteiger partial charge >= 0.3 is 0 Å². The zero-order valence-corrected chi connectivity index (χ0v) is 28.6. The zero-order valence-electron chi connectivity index (χ0n) is 27.7. The lowest BCUT2D eigenvalue weighted by atomic mass is 9.98. The third-order valence-electron chi connectivity index (χ3n) is 10.1. The van der Waals surface area contributed by atoms with Crippen LogP contribution in [-0.4, -0.2) is 15.0 Å². The number of aromatic nitrogens is 3. The predicted molar refractivity (Wildman–Crippen MR) is 217 cm³/mol. The summed E-state index contributed by atoms with van der Waals surface area (Å²) in [7, 11) is 0. The Morgan fingerprint density at radius 3 is 2.12 bits per heavy atom. The summed E-state index contributed by atoms with van der Waals surface area (Å²) in [6, 6.07) is 57.1. The molecule has 0 bridgehead atoms. The monoisotopic (exact) mass is 681 g/mol. The minimum Gasteiger partial charge on any atom is -0.456 e. The smallest absolute Gasteiger partial charge is 0.160 e. The number of rotatable bonds is 4. The second kappa shape index (κ2) is 11.4. The van der Waals surface area contributed by atoms with Gasteiger partial charge in [0.2, 0.25) is 0 Å². The van der Waals surface area contributed by atoms with Gasteiger partial charge in [-0.15, -0.1) is 11.3 Å². The summed E-state index contributed by atoms with van der Waals surface area (Å²) in [5.41, 5.74) is 9.51. The molecular formula is C47H27N3OS. The molecule has 0 aliphatic heterocycles. The van der Waals surface area contributed by atoms with E-state index in [4.69, 9.17) is 19.4 Å². The number of benzene rings is 7. The molecule has 0 fully saturated rings. The van der Waals surface area contributed by atoms with Crippen molar-refractivity contribution in [2.75, 3.05) is 0 Å². The van der Waals surface area contributed by atoms with Crippen LogP contribution in [0.5, 0.6) is 0 Å². The Morgan fingerprint density at radius 1 is 0.442 bits per heavy atom. The number of nitrogens with zero attached hydrogens (tertiary/aromatic N) is 3. The highest BCUT2D eigenvalue weighted by Gasteiger charge is 2.20. The highest BCUT2D eigenvalue weighted by atomic mass is 32.1. The van der Waals surface area contributed by atoms with Gasteiger partial charge in [0.05, 0.1) is 22.6 Å². The van der Waals surface area contributed by atoms with Gasteiger partial charge in [-0.2, -0.15) is 0 Å². The van der Waals surface area contributed by atoms with E-state index < -0.39 is 0 Å². The van der Waals surface area contributed by atoms with Crippen molar-refractivity contribution in [3.05, 3.63) is 164 Å². The van der Waals surface area contributed by atoms with Gasteiger partial charge in [0, 0.05) is 58.6 Å². The molecule has 52 heavy (non-hydrogen) atoms. The summed E-state index contributed by atoms with van der Waals surface area (Å²) in [5, 5.41) is 8.05. The van der Waals surface area contributed by atoms with Crippen molar-refractivity contribution in [1.82, 2.24) is 15.0 Å². The molecule has 0 N–H and O–H groups in total. The Kier molecular flexibility index (Phi) is 6.39. The van der Waals surface area contributed by atoms with Gasteiger partial charge in [0.15, 0.2) is 5.82 Å². The average Bonchev–Trinajstić information content (AvgIpc) is 3.79. The van der Waals surface area contributed by atoms with Gasteiger partial charge in [-0.05, 0) is 53.2 Å². The lowest BCUT2D eigenvalue weighted by Gasteiger charge is -2.11. The normalized spacial score (nSPS) is 11.8. The van der Waals surface area contributed by atoms with Crippen molar-refractivity contribution in [1.29, 1.82) is 0 Å². The van der Waals surface area contributed by atoms with Crippen molar-refractivity contribution >= 4 is 75.1 Å². The molecule has 4 nitrogen and oxygen atoms in total. The summed E-state index contributed by atoms with van der Waals surface area (Å²) in [5.74, 6) is 0.678. The van der Waals surface area contributed by atoms with E-state index in [-0.39, 0.29) is 0 Å². The fourth-order valence-corrected chi connectivity index (χ4v) is 8.82. The van der Waals surface area contributed by atoms with Crippen LogP contribution in [-0.2, 0) is 0 Å². The summed E-state index contributed by atoms with van der Waals surface area (Å²) in [6.07, 6.45) is 0. The van der Waals surface area contributed by atoms with Crippen LogP contribution < -0.4 is 0 Å². The molecule has 11 rings (SSSR count). The molecule has 0 radical (unpaired) electrons. The molecule has 4 aromatic heterocycles. The van der Waals surface area contributed by atoms with Crippen molar-refractivity contribution in [2.45, 2.75) is 0 Å². The maximum Gasteiger partial charge on any atom is 0.160 e. The van der Waals surface area contributed by atoms with Gasteiger partial charge < -0.3 is 4.42 Å². The van der Waals surface area contributed by atoms with E-state index in [9.17, 15) is 0 Å². The molecule has 7 aromatic carbocycles. The van der Waals surface area contributed by atoms with Crippen LogP contribution in [0.15, 0.2) is 168 Å². The second-order valence-electron chi connectivity index (χ2n) is 13.2.